The number of aryl methyl sites for hydroxylation is 1. The second-order valence-electron chi connectivity index (χ2n) is 4.28. The molecule has 2 rings (SSSR count). The van der Waals surface area contributed by atoms with E-state index in [4.69, 9.17) is 0 Å². The Bertz CT molecular complexity index is 361. The van der Waals surface area contributed by atoms with Crippen molar-refractivity contribution in [2.75, 3.05) is 13.1 Å². The topological polar surface area (TPSA) is 59.0 Å². The predicted octanol–water partition coefficient (Wildman–Crippen LogP) is -0.169. The highest BCUT2D eigenvalue weighted by atomic mass is 16.1. The van der Waals surface area contributed by atoms with E-state index in [0.717, 1.165) is 25.9 Å². The summed E-state index contributed by atoms with van der Waals surface area (Å²) in [6.45, 7) is 1.80. The zero-order valence-electron chi connectivity index (χ0n) is 9.57. The molecule has 1 fully saturated rings. The minimum atomic E-state index is 0.180. The molecule has 1 atom stereocenters. The highest BCUT2D eigenvalue weighted by molar-refractivity contribution is 5.78. The summed E-state index contributed by atoms with van der Waals surface area (Å²) in [4.78, 5) is 11.0. The van der Waals surface area contributed by atoms with Crippen molar-refractivity contribution in [2.45, 2.75) is 25.3 Å². The number of amides is 1. The van der Waals surface area contributed by atoms with E-state index in [1.54, 1.807) is 0 Å². The first-order valence-corrected chi connectivity index (χ1v) is 5.71. The molecule has 88 valence electrons. The molecule has 1 aliphatic rings. The van der Waals surface area contributed by atoms with Gasteiger partial charge in [-0.2, -0.15) is 5.10 Å². The van der Waals surface area contributed by atoms with Gasteiger partial charge in [0.05, 0.1) is 6.20 Å². The van der Waals surface area contributed by atoms with Gasteiger partial charge in [0.25, 0.3) is 0 Å². The average Bonchev–Trinajstić information content (AvgIpc) is 2.83. The smallest absolute Gasteiger partial charge is 0.220 e. The van der Waals surface area contributed by atoms with E-state index in [-0.39, 0.29) is 5.91 Å². The molecule has 5 heteroatoms. The maximum atomic E-state index is 11.0. The van der Waals surface area contributed by atoms with Gasteiger partial charge in [-0.3, -0.25) is 9.48 Å². The molecular formula is C11H18N4O. The van der Waals surface area contributed by atoms with Crippen molar-refractivity contribution in [2.24, 2.45) is 7.05 Å². The van der Waals surface area contributed by atoms with Gasteiger partial charge in [0, 0.05) is 32.3 Å². The molecule has 5 nitrogen and oxygen atoms in total. The van der Waals surface area contributed by atoms with Crippen molar-refractivity contribution < 1.29 is 4.79 Å². The Morgan fingerprint density at radius 1 is 1.69 bits per heavy atom. The summed E-state index contributed by atoms with van der Waals surface area (Å²) in [5, 5.41) is 10.4. The van der Waals surface area contributed by atoms with Gasteiger partial charge in [-0.05, 0) is 24.9 Å². The van der Waals surface area contributed by atoms with E-state index >= 15 is 0 Å². The van der Waals surface area contributed by atoms with E-state index in [0.29, 0.717) is 12.5 Å². The number of rotatable bonds is 5. The van der Waals surface area contributed by atoms with Gasteiger partial charge in [-0.25, -0.2) is 0 Å². The van der Waals surface area contributed by atoms with Gasteiger partial charge in [-0.1, -0.05) is 0 Å². The fraction of sp³-hybridized carbons (Fsp3) is 0.636. The number of aromatic nitrogens is 2. The van der Waals surface area contributed by atoms with Crippen molar-refractivity contribution >= 4 is 5.91 Å². The van der Waals surface area contributed by atoms with Crippen molar-refractivity contribution in [3.05, 3.63) is 18.0 Å². The molecule has 2 N–H and O–H groups in total. The first-order valence-electron chi connectivity index (χ1n) is 5.71. The first-order chi connectivity index (χ1) is 7.74. The fourth-order valence-corrected chi connectivity index (χ4v) is 1.94. The van der Waals surface area contributed by atoms with Gasteiger partial charge in [0.15, 0.2) is 0 Å². The molecule has 16 heavy (non-hydrogen) atoms. The van der Waals surface area contributed by atoms with Crippen molar-refractivity contribution in [3.8, 4) is 0 Å². The SMILES string of the molecule is Cn1cc(CCNCC2CCC(=O)N2)cn1. The van der Waals surface area contributed by atoms with Crippen LogP contribution in [0.4, 0.5) is 0 Å². The van der Waals surface area contributed by atoms with Crippen LogP contribution in [-0.2, 0) is 18.3 Å². The van der Waals surface area contributed by atoms with E-state index in [1.807, 2.05) is 24.1 Å². The van der Waals surface area contributed by atoms with Gasteiger partial charge in [0.1, 0.15) is 0 Å². The summed E-state index contributed by atoms with van der Waals surface area (Å²) in [5.74, 6) is 0.180. The number of carbonyl (C=O) groups is 1. The van der Waals surface area contributed by atoms with Gasteiger partial charge < -0.3 is 10.6 Å². The van der Waals surface area contributed by atoms with Crippen LogP contribution in [0.5, 0.6) is 0 Å². The maximum Gasteiger partial charge on any atom is 0.220 e. The average molecular weight is 222 g/mol. The summed E-state index contributed by atoms with van der Waals surface area (Å²) in [6, 6.07) is 0.321. The molecule has 0 aliphatic carbocycles. The van der Waals surface area contributed by atoms with Crippen LogP contribution in [0.3, 0.4) is 0 Å². The molecule has 0 saturated carbocycles. The minimum absolute atomic E-state index is 0.180. The fourth-order valence-electron chi connectivity index (χ4n) is 1.94. The van der Waals surface area contributed by atoms with Gasteiger partial charge >= 0.3 is 0 Å². The number of nitrogens with zero attached hydrogens (tertiary/aromatic N) is 2. The standard InChI is InChI=1S/C11H18N4O/c1-15-8-9(6-13-15)4-5-12-7-10-2-3-11(16)14-10/h6,8,10,12H,2-5,7H2,1H3,(H,14,16). The summed E-state index contributed by atoms with van der Waals surface area (Å²) < 4.78 is 1.81. The summed E-state index contributed by atoms with van der Waals surface area (Å²) in [7, 11) is 1.92. The molecule has 1 aromatic heterocycles. The second-order valence-corrected chi connectivity index (χ2v) is 4.28. The molecule has 1 aromatic rings. The lowest BCUT2D eigenvalue weighted by Gasteiger charge is -2.10. The lowest BCUT2D eigenvalue weighted by Crippen LogP contribution is -2.36. The van der Waals surface area contributed by atoms with Crippen LogP contribution in [0.1, 0.15) is 18.4 Å². The number of carbonyl (C=O) groups excluding carboxylic acids is 1. The van der Waals surface area contributed by atoms with E-state index in [9.17, 15) is 4.79 Å². The van der Waals surface area contributed by atoms with E-state index in [2.05, 4.69) is 15.7 Å². The van der Waals surface area contributed by atoms with Crippen LogP contribution in [0.2, 0.25) is 0 Å². The largest absolute Gasteiger partial charge is 0.352 e. The minimum Gasteiger partial charge on any atom is -0.352 e. The van der Waals surface area contributed by atoms with Gasteiger partial charge in [-0.15, -0.1) is 0 Å². The Morgan fingerprint density at radius 3 is 3.19 bits per heavy atom. The lowest BCUT2D eigenvalue weighted by molar-refractivity contribution is -0.119. The molecule has 0 radical (unpaired) electrons. The molecule has 0 bridgehead atoms. The van der Waals surface area contributed by atoms with Crippen molar-refractivity contribution in [3.63, 3.8) is 0 Å². The second kappa shape index (κ2) is 5.12. The highest BCUT2D eigenvalue weighted by Crippen LogP contribution is 2.04. The lowest BCUT2D eigenvalue weighted by atomic mass is 10.2. The third kappa shape index (κ3) is 3.06. The Labute approximate surface area is 95.2 Å². The van der Waals surface area contributed by atoms with Crippen LogP contribution in [-0.4, -0.2) is 34.8 Å². The first kappa shape index (κ1) is 11.1. The van der Waals surface area contributed by atoms with Crippen LogP contribution in [0.15, 0.2) is 12.4 Å². The quantitative estimate of drug-likeness (QED) is 0.680. The Morgan fingerprint density at radius 2 is 2.56 bits per heavy atom. The third-order valence-electron chi connectivity index (χ3n) is 2.82. The zero-order chi connectivity index (χ0) is 11.4. The predicted molar refractivity (Wildman–Crippen MR) is 60.9 cm³/mol. The monoisotopic (exact) mass is 222 g/mol. The summed E-state index contributed by atoms with van der Waals surface area (Å²) in [5.41, 5.74) is 1.24. The molecule has 2 heterocycles. The number of hydrogen-bond acceptors (Lipinski definition) is 3. The molecule has 1 aliphatic heterocycles. The Balaban J connectivity index is 1.60. The van der Waals surface area contributed by atoms with Gasteiger partial charge in [0.2, 0.25) is 5.91 Å². The van der Waals surface area contributed by atoms with Crippen LogP contribution in [0.25, 0.3) is 0 Å². The number of nitrogens with one attached hydrogen (secondary N) is 2. The Hall–Kier alpha value is -1.36. The van der Waals surface area contributed by atoms with Crippen LogP contribution < -0.4 is 10.6 Å². The highest BCUT2D eigenvalue weighted by Gasteiger charge is 2.19. The van der Waals surface area contributed by atoms with E-state index in [1.165, 1.54) is 5.56 Å². The molecule has 0 aromatic carbocycles. The van der Waals surface area contributed by atoms with Crippen LogP contribution in [0, 0.1) is 0 Å². The maximum absolute atomic E-state index is 11.0. The van der Waals surface area contributed by atoms with Crippen LogP contribution >= 0.6 is 0 Å². The normalized spacial score (nSPS) is 20.1. The zero-order valence-corrected chi connectivity index (χ0v) is 9.57. The van der Waals surface area contributed by atoms with Crippen molar-refractivity contribution in [1.82, 2.24) is 20.4 Å². The summed E-state index contributed by atoms with van der Waals surface area (Å²) in [6.07, 6.45) is 6.53. The molecule has 1 unspecified atom stereocenters. The molecule has 1 amide bonds. The van der Waals surface area contributed by atoms with Crippen molar-refractivity contribution in [1.29, 1.82) is 0 Å². The van der Waals surface area contributed by atoms with E-state index < -0.39 is 0 Å². The molecule has 0 spiro atoms. The molecule has 1 saturated heterocycles. The third-order valence-corrected chi connectivity index (χ3v) is 2.82. The number of hydrogen-bond donors (Lipinski definition) is 2. The summed E-state index contributed by atoms with van der Waals surface area (Å²) >= 11 is 0. The Kier molecular flexibility index (Phi) is 3.56. The molecular weight excluding hydrogens is 204 g/mol.